The van der Waals surface area contributed by atoms with E-state index in [4.69, 9.17) is 11.6 Å². The van der Waals surface area contributed by atoms with Crippen LogP contribution in [0.4, 0.5) is 4.39 Å². The first-order chi connectivity index (χ1) is 11.3. The molecule has 1 saturated heterocycles. The average Bonchev–Trinajstić information content (AvgIpc) is 2.55. The molecule has 134 valence electrons. The Bertz CT molecular complexity index is 707. The van der Waals surface area contributed by atoms with Gasteiger partial charge in [-0.05, 0) is 44.9 Å². The van der Waals surface area contributed by atoms with Gasteiger partial charge >= 0.3 is 0 Å². The molecule has 0 aliphatic carbocycles. The Morgan fingerprint density at radius 3 is 2.62 bits per heavy atom. The number of sulfonamides is 1. The number of piperidine rings is 1. The van der Waals surface area contributed by atoms with Gasteiger partial charge in [-0.15, -0.1) is 0 Å². The van der Waals surface area contributed by atoms with Gasteiger partial charge < -0.3 is 4.90 Å². The van der Waals surface area contributed by atoms with Gasteiger partial charge in [-0.2, -0.15) is 4.31 Å². The Morgan fingerprint density at radius 1 is 1.38 bits per heavy atom. The highest BCUT2D eigenvalue weighted by Crippen LogP contribution is 2.29. The molecular weight excluding hydrogens is 355 g/mol. The zero-order valence-corrected chi connectivity index (χ0v) is 15.4. The third-order valence-electron chi connectivity index (χ3n) is 4.32. The first-order valence-corrected chi connectivity index (χ1v) is 9.87. The first-order valence-electron chi connectivity index (χ1n) is 8.05. The second-order valence-corrected chi connectivity index (χ2v) is 8.10. The lowest BCUT2D eigenvalue weighted by Gasteiger charge is -2.33. The van der Waals surface area contributed by atoms with E-state index in [9.17, 15) is 17.6 Å². The third-order valence-corrected chi connectivity index (χ3v) is 6.67. The first kappa shape index (κ1) is 19.1. The SMILES string of the molecule is CCN(CC)C(=O)C1CCCN(S(=O)(=O)c2ccc(F)cc2Cl)C1. The molecule has 1 fully saturated rings. The van der Waals surface area contributed by atoms with Crippen LogP contribution in [-0.2, 0) is 14.8 Å². The predicted molar refractivity (Wildman–Crippen MR) is 90.8 cm³/mol. The second-order valence-electron chi connectivity index (χ2n) is 5.79. The van der Waals surface area contributed by atoms with E-state index < -0.39 is 15.8 Å². The highest BCUT2D eigenvalue weighted by atomic mass is 35.5. The predicted octanol–water partition coefficient (Wildman–Crippen LogP) is 2.75. The van der Waals surface area contributed by atoms with E-state index in [2.05, 4.69) is 0 Å². The molecule has 0 bridgehead atoms. The Kier molecular flexibility index (Phi) is 6.22. The lowest BCUT2D eigenvalue weighted by molar-refractivity contribution is -0.136. The van der Waals surface area contributed by atoms with E-state index in [-0.39, 0.29) is 28.3 Å². The molecule has 0 saturated carbocycles. The van der Waals surface area contributed by atoms with Crippen LogP contribution in [0.3, 0.4) is 0 Å². The summed E-state index contributed by atoms with van der Waals surface area (Å²) < 4.78 is 40.0. The van der Waals surface area contributed by atoms with Crippen molar-refractivity contribution >= 4 is 27.5 Å². The Balaban J connectivity index is 2.23. The van der Waals surface area contributed by atoms with Crippen LogP contribution in [0.15, 0.2) is 23.1 Å². The molecule has 1 amide bonds. The number of nitrogens with zero attached hydrogens (tertiary/aromatic N) is 2. The van der Waals surface area contributed by atoms with E-state index >= 15 is 0 Å². The van der Waals surface area contributed by atoms with E-state index in [1.807, 2.05) is 13.8 Å². The van der Waals surface area contributed by atoms with Gasteiger partial charge in [-0.25, -0.2) is 12.8 Å². The highest BCUT2D eigenvalue weighted by molar-refractivity contribution is 7.89. The molecule has 1 aromatic rings. The maximum Gasteiger partial charge on any atom is 0.244 e. The number of carbonyl (C=O) groups excluding carboxylic acids is 1. The molecule has 1 heterocycles. The fourth-order valence-electron chi connectivity index (χ4n) is 2.98. The van der Waals surface area contributed by atoms with Crippen LogP contribution in [0.1, 0.15) is 26.7 Å². The standard InChI is InChI=1S/C16H22ClFN2O3S/c1-3-19(4-2)16(21)12-6-5-9-20(11-12)24(22,23)15-8-7-13(18)10-14(15)17/h7-8,10,12H,3-6,9,11H2,1-2H3. The van der Waals surface area contributed by atoms with Crippen molar-refractivity contribution in [2.24, 2.45) is 5.92 Å². The minimum atomic E-state index is -3.85. The van der Waals surface area contributed by atoms with Gasteiger partial charge in [0.2, 0.25) is 15.9 Å². The summed E-state index contributed by atoms with van der Waals surface area (Å²) in [6.45, 7) is 5.46. The zero-order valence-electron chi connectivity index (χ0n) is 13.8. The summed E-state index contributed by atoms with van der Waals surface area (Å²) in [6, 6.07) is 3.22. The van der Waals surface area contributed by atoms with Crippen molar-refractivity contribution in [2.75, 3.05) is 26.2 Å². The van der Waals surface area contributed by atoms with Crippen LogP contribution < -0.4 is 0 Å². The number of benzene rings is 1. The lowest BCUT2D eigenvalue weighted by Crippen LogP contribution is -2.46. The second kappa shape index (κ2) is 7.80. The van der Waals surface area contributed by atoms with Crippen molar-refractivity contribution in [2.45, 2.75) is 31.6 Å². The quantitative estimate of drug-likeness (QED) is 0.794. The molecule has 0 spiro atoms. The van der Waals surface area contributed by atoms with Crippen molar-refractivity contribution in [1.29, 1.82) is 0 Å². The summed E-state index contributed by atoms with van der Waals surface area (Å²) >= 11 is 5.91. The smallest absolute Gasteiger partial charge is 0.244 e. The third kappa shape index (κ3) is 3.90. The summed E-state index contributed by atoms with van der Waals surface area (Å²) in [6.07, 6.45) is 1.27. The van der Waals surface area contributed by atoms with Crippen molar-refractivity contribution in [3.05, 3.63) is 29.0 Å². The van der Waals surface area contributed by atoms with Gasteiger partial charge in [0, 0.05) is 26.2 Å². The van der Waals surface area contributed by atoms with Crippen molar-refractivity contribution in [1.82, 2.24) is 9.21 Å². The molecule has 0 N–H and O–H groups in total. The van der Waals surface area contributed by atoms with Gasteiger partial charge in [0.1, 0.15) is 10.7 Å². The summed E-state index contributed by atoms with van der Waals surface area (Å²) in [4.78, 5) is 14.1. The van der Waals surface area contributed by atoms with Crippen LogP contribution >= 0.6 is 11.6 Å². The van der Waals surface area contributed by atoms with Gasteiger partial charge in [0.25, 0.3) is 0 Å². The molecule has 8 heteroatoms. The van der Waals surface area contributed by atoms with Crippen molar-refractivity contribution in [3.63, 3.8) is 0 Å². The zero-order chi connectivity index (χ0) is 17.9. The fraction of sp³-hybridized carbons (Fsp3) is 0.562. The van der Waals surface area contributed by atoms with Gasteiger partial charge in [0.05, 0.1) is 10.9 Å². The van der Waals surface area contributed by atoms with Crippen LogP contribution in [0.25, 0.3) is 0 Å². The molecule has 2 rings (SSSR count). The summed E-state index contributed by atoms with van der Waals surface area (Å²) in [5, 5.41) is -0.146. The van der Waals surface area contributed by atoms with Crippen LogP contribution in [0.5, 0.6) is 0 Å². The molecule has 24 heavy (non-hydrogen) atoms. The van der Waals surface area contributed by atoms with Crippen molar-refractivity contribution in [3.8, 4) is 0 Å². The lowest BCUT2D eigenvalue weighted by atomic mass is 9.98. The number of amides is 1. The number of halogens is 2. The molecule has 1 aliphatic rings. The number of hydrogen-bond donors (Lipinski definition) is 0. The molecule has 5 nitrogen and oxygen atoms in total. The summed E-state index contributed by atoms with van der Waals surface area (Å²) in [5.74, 6) is -0.968. The van der Waals surface area contributed by atoms with Gasteiger partial charge in [0.15, 0.2) is 0 Å². The minimum Gasteiger partial charge on any atom is -0.343 e. The normalized spacial score (nSPS) is 19.2. The van der Waals surface area contributed by atoms with E-state index in [1.54, 1.807) is 4.90 Å². The van der Waals surface area contributed by atoms with Crippen molar-refractivity contribution < 1.29 is 17.6 Å². The van der Waals surface area contributed by atoms with E-state index in [0.29, 0.717) is 32.5 Å². The van der Waals surface area contributed by atoms with Crippen LogP contribution in [-0.4, -0.2) is 49.7 Å². The van der Waals surface area contributed by atoms with E-state index in [0.717, 1.165) is 12.1 Å². The minimum absolute atomic E-state index is 0.0231. The van der Waals surface area contributed by atoms with Gasteiger partial charge in [-0.3, -0.25) is 4.79 Å². The maximum absolute atomic E-state index is 13.2. The van der Waals surface area contributed by atoms with E-state index in [1.165, 1.54) is 10.4 Å². The highest BCUT2D eigenvalue weighted by Gasteiger charge is 2.35. The number of carbonyl (C=O) groups is 1. The Hall–Kier alpha value is -1.18. The largest absolute Gasteiger partial charge is 0.343 e. The van der Waals surface area contributed by atoms with Crippen LogP contribution in [0.2, 0.25) is 5.02 Å². The molecule has 1 atom stereocenters. The number of hydrogen-bond acceptors (Lipinski definition) is 3. The average molecular weight is 377 g/mol. The maximum atomic E-state index is 13.2. The summed E-state index contributed by atoms with van der Waals surface area (Å²) in [5.41, 5.74) is 0. The Labute approximate surface area is 147 Å². The fourth-order valence-corrected chi connectivity index (χ4v) is 5.01. The topological polar surface area (TPSA) is 57.7 Å². The molecule has 1 aromatic carbocycles. The molecular formula is C16H22ClFN2O3S. The number of rotatable bonds is 5. The summed E-state index contributed by atoms with van der Waals surface area (Å²) in [7, 11) is -3.85. The molecule has 1 unspecified atom stereocenters. The molecule has 0 radical (unpaired) electrons. The Morgan fingerprint density at radius 2 is 2.04 bits per heavy atom. The van der Waals surface area contributed by atoms with Crippen LogP contribution in [0, 0.1) is 11.7 Å². The molecule has 0 aromatic heterocycles. The monoisotopic (exact) mass is 376 g/mol. The molecule has 1 aliphatic heterocycles. The van der Waals surface area contributed by atoms with Gasteiger partial charge in [-0.1, -0.05) is 11.6 Å².